The highest BCUT2D eigenvalue weighted by atomic mass is 14.7. The molecule has 0 N–H and O–H groups in total. The fraction of sp³-hybridized carbons (Fsp3) is 0.935. The molecule has 0 spiro atoms. The zero-order valence-corrected chi connectivity index (χ0v) is 64.2. The quantitative estimate of drug-likeness (QED) is 0.164. The molecule has 0 amide bonds. The zero-order valence-electron chi connectivity index (χ0n) is 64.2. The second-order valence-corrected chi connectivity index (χ2v) is 43.5. The van der Waals surface area contributed by atoms with E-state index in [1.54, 1.807) is 154 Å². The Morgan fingerprint density at radius 3 is 0.774 bits per heavy atom. The normalized spacial score (nSPS) is 49.9. The summed E-state index contributed by atoms with van der Waals surface area (Å²) in [5, 5.41) is 0. The topological polar surface area (TPSA) is 0 Å². The summed E-state index contributed by atoms with van der Waals surface area (Å²) in [7, 11) is 0. The maximum atomic E-state index is 2.98. The predicted octanol–water partition coefficient (Wildman–Crippen LogP) is 25.9. The van der Waals surface area contributed by atoms with E-state index in [1.807, 2.05) is 0 Å². The van der Waals surface area contributed by atoms with Crippen LogP contribution in [0.1, 0.15) is 349 Å². The molecule has 1 aromatic carbocycles. The van der Waals surface area contributed by atoms with Crippen molar-refractivity contribution in [3.05, 3.63) is 33.4 Å². The van der Waals surface area contributed by atoms with Crippen LogP contribution in [0.2, 0.25) is 0 Å². The smallest absolute Gasteiger partial charge is 0.0242 e. The molecule has 0 unspecified atom stereocenters. The summed E-state index contributed by atoms with van der Waals surface area (Å²) in [6.45, 7) is 40.4. The van der Waals surface area contributed by atoms with Gasteiger partial charge < -0.3 is 0 Å². The lowest BCUT2D eigenvalue weighted by molar-refractivity contribution is -0.135. The van der Waals surface area contributed by atoms with Gasteiger partial charge in [-0.3, -0.25) is 0 Å². The van der Waals surface area contributed by atoms with Crippen LogP contribution in [-0.4, -0.2) is 0 Å². The van der Waals surface area contributed by atoms with E-state index in [-0.39, 0.29) is 0 Å². The van der Waals surface area contributed by atoms with Crippen LogP contribution < -0.4 is 0 Å². The Bertz CT molecular complexity index is 2520. The van der Waals surface area contributed by atoms with E-state index in [0.29, 0.717) is 32.5 Å². The van der Waals surface area contributed by atoms with Crippen molar-refractivity contribution in [3.63, 3.8) is 0 Å². The van der Waals surface area contributed by atoms with Gasteiger partial charge in [0, 0.05) is 0 Å². The van der Waals surface area contributed by atoms with Gasteiger partial charge in [0.1, 0.15) is 0 Å². The Morgan fingerprint density at radius 2 is 0.516 bits per heavy atom. The molecular weight excluding hydrogens is 1120 g/mol. The highest BCUT2D eigenvalue weighted by Crippen LogP contribution is 2.75. The summed E-state index contributed by atoms with van der Waals surface area (Å²) in [4.78, 5) is 0. The van der Waals surface area contributed by atoms with Crippen LogP contribution in [0.25, 0.3) is 0 Å². The second kappa shape index (κ2) is 24.7. The van der Waals surface area contributed by atoms with E-state index in [1.165, 1.54) is 96.3 Å². The fourth-order valence-electron chi connectivity index (χ4n) is 34.3. The van der Waals surface area contributed by atoms with Crippen LogP contribution in [0.3, 0.4) is 0 Å². The van der Waals surface area contributed by atoms with Crippen LogP contribution in [0.4, 0.5) is 0 Å². The Morgan fingerprint density at radius 1 is 0.269 bits per heavy atom. The van der Waals surface area contributed by atoms with E-state index in [9.17, 15) is 0 Å². The molecule has 93 heavy (non-hydrogen) atoms. The van der Waals surface area contributed by atoms with Crippen LogP contribution in [0.15, 0.2) is 0 Å². The lowest BCUT2D eigenvalue weighted by Gasteiger charge is -2.64. The Kier molecular flexibility index (Phi) is 17.8. The molecular formula is C93H150. The monoisotopic (exact) mass is 1270 g/mol. The average Bonchev–Trinajstić information content (AvgIpc) is 1.69. The van der Waals surface area contributed by atoms with Crippen LogP contribution in [-0.2, 0) is 38.5 Å². The molecule has 0 radical (unpaired) electrons. The van der Waals surface area contributed by atoms with Crippen LogP contribution >= 0.6 is 0 Å². The molecule has 15 aliphatic rings. The summed E-state index contributed by atoms with van der Waals surface area (Å²) < 4.78 is 0. The molecule has 30 atom stereocenters. The molecule has 0 saturated heterocycles. The van der Waals surface area contributed by atoms with Gasteiger partial charge in [-0.1, -0.05) is 162 Å². The van der Waals surface area contributed by atoms with E-state index in [4.69, 9.17) is 0 Å². The third-order valence-corrected chi connectivity index (χ3v) is 38.7. The van der Waals surface area contributed by atoms with Crippen molar-refractivity contribution in [1.82, 2.24) is 0 Å². The number of fused-ring (bicyclic) bond motifs is 24. The maximum absolute atomic E-state index is 2.98. The SMILES string of the molecule is CC(C)CCC[C@@H](C)[C@H]1CC[C@H]2[C@@H]3CC[C@@H]4C[C@@H]5Cc6c(c7c(c8c6C[C@H]6C[C@@]9(C)[C@H](CC[C@@H]%10[C@@H]9CC[C@]9(C)[C@@H]([C@H](C)CCCC(C)C)CC[C@@H]%109)C[C@@H]6C8)C[C@H]6C[C@@]8(C)[C@H](CC[C@@H]9[C@@H]8CC[C@]8(C)[C@@H]([C@H](C)CCCC(C)C)CC[C@@H]98)C[C@@H]6C7)C[C@H]5C[C@]4(C)[C@H]3CC[C@]12C. The van der Waals surface area contributed by atoms with Crippen molar-refractivity contribution in [3.8, 4) is 0 Å². The van der Waals surface area contributed by atoms with Gasteiger partial charge in [-0.05, 0) is 418 Å². The van der Waals surface area contributed by atoms with Crippen molar-refractivity contribution < 1.29 is 0 Å². The first kappa shape index (κ1) is 66.8. The maximum Gasteiger partial charge on any atom is -0.0242 e. The lowest BCUT2D eigenvalue weighted by Crippen LogP contribution is -2.56. The Hall–Kier alpha value is -0.780. The zero-order chi connectivity index (χ0) is 64.6. The first-order valence-electron chi connectivity index (χ1n) is 43.6. The molecule has 12 saturated carbocycles. The standard InChI is InChI=1S/C93H150/c1-55(2)19-16-22-58(7)79-31-34-82-70-28-25-67-43-61-46-73-76(49-64(61)52-91(67,13)85(70)37-40-88(79,82)10)74-47-62-44-68-26-29-71-83-35-32-81(60(9)24-18-21-57(5)6)90(83,12)42-39-87(71)93(68,15)54-66(62)51-78(74)75-48-63-45-69-27-30-72-84-36-33-80(59(8)23-17-20-56(3)4)89(84,11)41-38-86(72)92(69,14)53-65(63)50-77(73)75/h55-72,79-87H,16-54H2,1-15H3/t58-,59-,60-,61-,62-,63-,64+,65+,66+,67-,68-,69-,70+,71+,72+,79-,80-,81-,82+,83+,84+,85+,86+,87+,88-,89-,90-,91+,92+,93+/m1/s1. The molecule has 0 aromatic heterocycles. The highest BCUT2D eigenvalue weighted by Gasteiger charge is 2.66. The minimum absolute atomic E-state index is 0.568. The number of benzene rings is 1. The summed E-state index contributed by atoms with van der Waals surface area (Å²) in [6.07, 6.45) is 59.8. The predicted molar refractivity (Wildman–Crippen MR) is 395 cm³/mol. The van der Waals surface area contributed by atoms with Gasteiger partial charge in [0.05, 0.1) is 0 Å². The summed E-state index contributed by atoms with van der Waals surface area (Å²) in [5.41, 5.74) is 15.9. The first-order chi connectivity index (χ1) is 44.4. The molecule has 16 rings (SSSR count). The van der Waals surface area contributed by atoms with Gasteiger partial charge in [-0.25, -0.2) is 0 Å². The van der Waals surface area contributed by atoms with Crippen molar-refractivity contribution in [2.75, 3.05) is 0 Å². The van der Waals surface area contributed by atoms with Gasteiger partial charge in [-0.15, -0.1) is 0 Å². The number of hydrogen-bond donors (Lipinski definition) is 0. The molecule has 0 bridgehead atoms. The molecule has 15 aliphatic carbocycles. The summed E-state index contributed by atoms with van der Waals surface area (Å²) >= 11 is 0. The lowest BCUT2D eigenvalue weighted by atomic mass is 9.41. The number of hydrogen-bond acceptors (Lipinski definition) is 0. The molecule has 0 aliphatic heterocycles. The minimum atomic E-state index is 0.568. The van der Waals surface area contributed by atoms with E-state index < -0.39 is 0 Å². The Labute approximate surface area is 576 Å². The highest BCUT2D eigenvalue weighted by molar-refractivity contribution is 5.56. The van der Waals surface area contributed by atoms with Crippen molar-refractivity contribution in [1.29, 1.82) is 0 Å². The molecule has 0 nitrogen and oxygen atoms in total. The van der Waals surface area contributed by atoms with E-state index in [0.717, 1.165) is 160 Å². The third-order valence-electron chi connectivity index (χ3n) is 38.7. The van der Waals surface area contributed by atoms with Gasteiger partial charge in [0.25, 0.3) is 0 Å². The first-order valence-corrected chi connectivity index (χ1v) is 43.6. The van der Waals surface area contributed by atoms with Gasteiger partial charge in [0.2, 0.25) is 0 Å². The number of rotatable bonds is 15. The third kappa shape index (κ3) is 10.7. The largest absolute Gasteiger partial charge is 0.0628 e. The fourth-order valence-corrected chi connectivity index (χ4v) is 34.3. The Balaban J connectivity index is 0.685. The van der Waals surface area contributed by atoms with Crippen molar-refractivity contribution >= 4 is 0 Å². The van der Waals surface area contributed by atoms with Gasteiger partial charge in [-0.2, -0.15) is 0 Å². The van der Waals surface area contributed by atoms with E-state index >= 15 is 0 Å². The molecule has 0 heteroatoms. The average molecular weight is 1270 g/mol. The minimum Gasteiger partial charge on any atom is -0.0628 e. The molecule has 1 aromatic rings. The molecule has 12 fully saturated rings. The van der Waals surface area contributed by atoms with E-state index in [2.05, 4.69) is 137 Å². The van der Waals surface area contributed by atoms with Crippen LogP contribution in [0.5, 0.6) is 0 Å². The van der Waals surface area contributed by atoms with Gasteiger partial charge in [0.15, 0.2) is 0 Å². The van der Waals surface area contributed by atoms with Crippen LogP contribution in [0, 0.1) is 192 Å². The molecule has 0 heterocycles. The summed E-state index contributed by atoms with van der Waals surface area (Å²) in [6, 6.07) is 0. The second-order valence-electron chi connectivity index (χ2n) is 43.5. The van der Waals surface area contributed by atoms with Gasteiger partial charge >= 0.3 is 0 Å². The van der Waals surface area contributed by atoms with Crippen molar-refractivity contribution in [2.45, 2.75) is 354 Å². The van der Waals surface area contributed by atoms with Crippen molar-refractivity contribution in [2.24, 2.45) is 192 Å². The molecule has 522 valence electrons. The summed E-state index contributed by atoms with van der Waals surface area (Å²) in [5.74, 6) is 25.9.